The molecule has 2 amide bonds. The van der Waals surface area contributed by atoms with E-state index in [1.807, 2.05) is 25.1 Å². The number of nitrogens with zero attached hydrogens (tertiary/aromatic N) is 1. The molecule has 2 aromatic carbocycles. The van der Waals surface area contributed by atoms with E-state index < -0.39 is 0 Å². The van der Waals surface area contributed by atoms with Crippen molar-refractivity contribution in [1.29, 1.82) is 0 Å². The molecule has 5 heteroatoms. The molecule has 3 rings (SSSR count). The second-order valence-electron chi connectivity index (χ2n) is 7.31. The molecule has 0 bridgehead atoms. The maximum absolute atomic E-state index is 12.5. The molecule has 1 fully saturated rings. The third-order valence-corrected chi connectivity index (χ3v) is 5.23. The van der Waals surface area contributed by atoms with Gasteiger partial charge in [-0.1, -0.05) is 42.5 Å². The Labute approximate surface area is 167 Å². The molecule has 1 aliphatic rings. The molecule has 1 saturated heterocycles. The summed E-state index contributed by atoms with van der Waals surface area (Å²) in [6.07, 6.45) is 1.80. The molecule has 2 aromatic rings. The van der Waals surface area contributed by atoms with Crippen molar-refractivity contribution in [1.82, 2.24) is 15.5 Å². The fourth-order valence-electron chi connectivity index (χ4n) is 3.56. The second-order valence-corrected chi connectivity index (χ2v) is 7.31. The summed E-state index contributed by atoms with van der Waals surface area (Å²) in [5.41, 5.74) is 2.96. The highest BCUT2D eigenvalue weighted by atomic mass is 16.2. The molecular formula is C23H29N3O2. The summed E-state index contributed by atoms with van der Waals surface area (Å²) in [5.74, 6) is 0.147. The van der Waals surface area contributed by atoms with Crippen molar-refractivity contribution in [2.45, 2.75) is 32.9 Å². The second kappa shape index (κ2) is 10.0. The minimum atomic E-state index is -0.0691. The Morgan fingerprint density at radius 2 is 1.61 bits per heavy atom. The first-order chi connectivity index (χ1) is 13.7. The van der Waals surface area contributed by atoms with Crippen LogP contribution in [0.4, 0.5) is 0 Å². The van der Waals surface area contributed by atoms with Crippen molar-refractivity contribution in [3.8, 4) is 0 Å². The number of hydrogen-bond donors (Lipinski definition) is 2. The molecule has 0 aromatic heterocycles. The van der Waals surface area contributed by atoms with Crippen molar-refractivity contribution >= 4 is 11.8 Å². The summed E-state index contributed by atoms with van der Waals surface area (Å²) >= 11 is 0. The Bertz CT molecular complexity index is 766. The number of hydrogen-bond acceptors (Lipinski definition) is 3. The molecule has 2 N–H and O–H groups in total. The number of carbonyl (C=O) groups excluding carboxylic acids is 2. The van der Waals surface area contributed by atoms with E-state index >= 15 is 0 Å². The van der Waals surface area contributed by atoms with Gasteiger partial charge in [0.15, 0.2) is 0 Å². The van der Waals surface area contributed by atoms with Gasteiger partial charge in [0.25, 0.3) is 5.91 Å². The van der Waals surface area contributed by atoms with Gasteiger partial charge in [-0.2, -0.15) is 0 Å². The molecule has 28 heavy (non-hydrogen) atoms. The summed E-state index contributed by atoms with van der Waals surface area (Å²) in [7, 11) is 0. The highest BCUT2D eigenvalue weighted by Gasteiger charge is 2.24. The third kappa shape index (κ3) is 5.67. The monoisotopic (exact) mass is 379 g/mol. The predicted molar refractivity (Wildman–Crippen MR) is 111 cm³/mol. The molecule has 0 spiro atoms. The fourth-order valence-corrected chi connectivity index (χ4v) is 3.56. The van der Waals surface area contributed by atoms with Crippen LogP contribution in [-0.2, 0) is 17.9 Å². The van der Waals surface area contributed by atoms with Crippen LogP contribution in [0.1, 0.15) is 41.3 Å². The number of likely N-dealkylation sites (tertiary alicyclic amines) is 1. The van der Waals surface area contributed by atoms with Gasteiger partial charge in [0.1, 0.15) is 0 Å². The van der Waals surface area contributed by atoms with Crippen LogP contribution in [0.2, 0.25) is 0 Å². The van der Waals surface area contributed by atoms with E-state index in [0.29, 0.717) is 18.7 Å². The Balaban J connectivity index is 1.41. The van der Waals surface area contributed by atoms with E-state index in [1.165, 1.54) is 5.56 Å². The van der Waals surface area contributed by atoms with Gasteiger partial charge in [-0.15, -0.1) is 0 Å². The molecule has 0 saturated carbocycles. The summed E-state index contributed by atoms with van der Waals surface area (Å²) in [6, 6.07) is 17.9. The van der Waals surface area contributed by atoms with E-state index in [4.69, 9.17) is 0 Å². The van der Waals surface area contributed by atoms with E-state index in [0.717, 1.165) is 38.0 Å². The van der Waals surface area contributed by atoms with Gasteiger partial charge in [0.2, 0.25) is 5.91 Å². The average Bonchev–Trinajstić information content (AvgIpc) is 2.74. The van der Waals surface area contributed by atoms with Crippen LogP contribution in [0.5, 0.6) is 0 Å². The molecule has 0 aliphatic carbocycles. The first-order valence-electron chi connectivity index (χ1n) is 10.1. The van der Waals surface area contributed by atoms with Gasteiger partial charge in [0, 0.05) is 31.1 Å². The zero-order valence-electron chi connectivity index (χ0n) is 16.5. The van der Waals surface area contributed by atoms with E-state index in [9.17, 15) is 9.59 Å². The van der Waals surface area contributed by atoms with Crippen LogP contribution in [-0.4, -0.2) is 36.3 Å². The zero-order chi connectivity index (χ0) is 19.8. The molecule has 0 unspecified atom stereocenters. The molecule has 0 radical (unpaired) electrons. The van der Waals surface area contributed by atoms with Crippen LogP contribution < -0.4 is 10.6 Å². The van der Waals surface area contributed by atoms with Gasteiger partial charge in [-0.3, -0.25) is 14.5 Å². The van der Waals surface area contributed by atoms with Gasteiger partial charge >= 0.3 is 0 Å². The quantitative estimate of drug-likeness (QED) is 0.778. The van der Waals surface area contributed by atoms with E-state index in [2.05, 4.69) is 39.8 Å². The maximum atomic E-state index is 12.5. The van der Waals surface area contributed by atoms with Crippen molar-refractivity contribution in [3.63, 3.8) is 0 Å². The first-order valence-corrected chi connectivity index (χ1v) is 10.1. The van der Waals surface area contributed by atoms with Gasteiger partial charge in [0.05, 0.1) is 0 Å². The minimum Gasteiger partial charge on any atom is -0.352 e. The minimum absolute atomic E-state index is 0.0691. The Hall–Kier alpha value is -2.66. The summed E-state index contributed by atoms with van der Waals surface area (Å²) in [6.45, 7) is 5.86. The van der Waals surface area contributed by atoms with Gasteiger partial charge in [-0.05, 0) is 56.1 Å². The van der Waals surface area contributed by atoms with Gasteiger partial charge < -0.3 is 10.6 Å². The van der Waals surface area contributed by atoms with E-state index in [-0.39, 0.29) is 17.7 Å². The SMILES string of the molecule is CCNC(=O)c1ccc(CNC(=O)C2CCN(Cc3ccccc3)CC2)cc1. The average molecular weight is 380 g/mol. The molecule has 1 aliphatic heterocycles. The van der Waals surface area contributed by atoms with Crippen molar-refractivity contribution in [3.05, 3.63) is 71.3 Å². The lowest BCUT2D eigenvalue weighted by Gasteiger charge is -2.31. The van der Waals surface area contributed by atoms with E-state index in [1.54, 1.807) is 12.1 Å². The normalized spacial score (nSPS) is 15.2. The Kier molecular flexibility index (Phi) is 7.20. The number of nitrogens with one attached hydrogen (secondary N) is 2. The summed E-state index contributed by atoms with van der Waals surface area (Å²) in [4.78, 5) is 26.7. The van der Waals surface area contributed by atoms with Gasteiger partial charge in [-0.25, -0.2) is 0 Å². The molecule has 1 heterocycles. The topological polar surface area (TPSA) is 61.4 Å². The number of piperidine rings is 1. The number of benzene rings is 2. The highest BCUT2D eigenvalue weighted by Crippen LogP contribution is 2.19. The van der Waals surface area contributed by atoms with Crippen LogP contribution in [0.25, 0.3) is 0 Å². The number of carbonyl (C=O) groups is 2. The predicted octanol–water partition coefficient (Wildman–Crippen LogP) is 2.96. The van der Waals surface area contributed by atoms with Crippen LogP contribution in [0, 0.1) is 5.92 Å². The van der Waals surface area contributed by atoms with Crippen molar-refractivity contribution < 1.29 is 9.59 Å². The van der Waals surface area contributed by atoms with Crippen LogP contribution in [0.3, 0.4) is 0 Å². The zero-order valence-corrected chi connectivity index (χ0v) is 16.5. The fraction of sp³-hybridized carbons (Fsp3) is 0.391. The first kappa shape index (κ1) is 20.1. The smallest absolute Gasteiger partial charge is 0.251 e. The van der Waals surface area contributed by atoms with Crippen LogP contribution >= 0.6 is 0 Å². The molecule has 5 nitrogen and oxygen atoms in total. The largest absolute Gasteiger partial charge is 0.352 e. The van der Waals surface area contributed by atoms with Crippen LogP contribution in [0.15, 0.2) is 54.6 Å². The van der Waals surface area contributed by atoms with Crippen molar-refractivity contribution in [2.24, 2.45) is 5.92 Å². The maximum Gasteiger partial charge on any atom is 0.251 e. The Morgan fingerprint density at radius 1 is 0.929 bits per heavy atom. The molecule has 0 atom stereocenters. The summed E-state index contributed by atoms with van der Waals surface area (Å²) in [5, 5.41) is 5.83. The standard InChI is InChI=1S/C23H29N3O2/c1-2-24-22(27)20-10-8-18(9-11-20)16-25-23(28)21-12-14-26(15-13-21)17-19-6-4-3-5-7-19/h3-11,21H,2,12-17H2,1H3,(H,24,27)(H,25,28). The van der Waals surface area contributed by atoms with Crippen molar-refractivity contribution in [2.75, 3.05) is 19.6 Å². The lowest BCUT2D eigenvalue weighted by atomic mass is 9.95. The number of rotatable bonds is 7. The molecular weight excluding hydrogens is 350 g/mol. The number of amides is 2. The Morgan fingerprint density at radius 3 is 2.25 bits per heavy atom. The highest BCUT2D eigenvalue weighted by molar-refractivity contribution is 5.94. The third-order valence-electron chi connectivity index (χ3n) is 5.23. The lowest BCUT2D eigenvalue weighted by Crippen LogP contribution is -2.40. The molecule has 148 valence electrons. The summed E-state index contributed by atoms with van der Waals surface area (Å²) < 4.78 is 0. The lowest BCUT2D eigenvalue weighted by molar-refractivity contribution is -0.126.